The molecule has 60 heavy (non-hydrogen) atoms. The smallest absolute Gasteiger partial charge is 0.264 e. The van der Waals surface area contributed by atoms with Crippen LogP contribution in [0.25, 0.3) is 10.4 Å². The van der Waals surface area contributed by atoms with E-state index in [1.807, 2.05) is 24.8 Å². The lowest BCUT2D eigenvalue weighted by atomic mass is 9.99. The Morgan fingerprint density at radius 3 is 2.32 bits per heavy atom. The molecule has 15 nitrogen and oxygen atoms in total. The molecule has 0 radical (unpaired) electrons. The first kappa shape index (κ1) is 42.4. The summed E-state index contributed by atoms with van der Waals surface area (Å²) in [5.41, 5.74) is 4.94. The SMILES string of the molecule is Cc1cc(-c2sc(NC(=O)CCCC(=O)NCCCCCCCC(=O)Nc3cccc4c3C(=O)N(C3CCC(=O)NC3=O)C4=O)nc2C)cc2c1C(=O)N(C(C)C1CC1)C2. The molecule has 2 unspecified atom stereocenters. The third-order valence-corrected chi connectivity index (χ3v) is 12.9. The number of hydrogen-bond acceptors (Lipinski definition) is 10. The summed E-state index contributed by atoms with van der Waals surface area (Å²) in [5.74, 6) is -2.37. The van der Waals surface area contributed by atoms with E-state index in [1.54, 1.807) is 12.1 Å². The van der Waals surface area contributed by atoms with Crippen LogP contribution in [-0.4, -0.2) is 80.7 Å². The van der Waals surface area contributed by atoms with E-state index in [2.05, 4.69) is 39.2 Å². The second-order valence-electron chi connectivity index (χ2n) is 16.3. The zero-order valence-corrected chi connectivity index (χ0v) is 35.1. The van der Waals surface area contributed by atoms with Crippen molar-refractivity contribution >= 4 is 69.4 Å². The molecular formula is C44H51N7O8S. The Labute approximate surface area is 352 Å². The number of anilines is 2. The van der Waals surface area contributed by atoms with Gasteiger partial charge in [0.25, 0.3) is 17.7 Å². The number of imide groups is 2. The van der Waals surface area contributed by atoms with Gasteiger partial charge in [-0.2, -0.15) is 0 Å². The quantitative estimate of drug-likeness (QED) is 0.0904. The first-order valence-corrected chi connectivity index (χ1v) is 21.8. The molecule has 1 aliphatic carbocycles. The second kappa shape index (κ2) is 18.2. The Balaban J connectivity index is 0.756. The molecular weight excluding hydrogens is 787 g/mol. The zero-order chi connectivity index (χ0) is 42.7. The maximum atomic E-state index is 13.3. The average molecular weight is 838 g/mol. The van der Waals surface area contributed by atoms with E-state index in [0.29, 0.717) is 37.0 Å². The average Bonchev–Trinajstić information content (AvgIpc) is 3.85. The predicted octanol–water partition coefficient (Wildman–Crippen LogP) is 5.79. The monoisotopic (exact) mass is 837 g/mol. The second-order valence-corrected chi connectivity index (χ2v) is 17.3. The van der Waals surface area contributed by atoms with Crippen molar-refractivity contribution < 1.29 is 38.4 Å². The van der Waals surface area contributed by atoms with E-state index in [0.717, 1.165) is 63.4 Å². The summed E-state index contributed by atoms with van der Waals surface area (Å²) < 4.78 is 0. The van der Waals surface area contributed by atoms with Gasteiger partial charge >= 0.3 is 0 Å². The molecule has 0 bridgehead atoms. The number of hydrogen-bond donors (Lipinski definition) is 4. The molecule has 4 heterocycles. The van der Waals surface area contributed by atoms with Crippen LogP contribution in [0.2, 0.25) is 0 Å². The number of carbonyl (C=O) groups is 8. The van der Waals surface area contributed by atoms with Gasteiger partial charge in [-0.05, 0) is 106 Å². The highest BCUT2D eigenvalue weighted by Gasteiger charge is 2.46. The summed E-state index contributed by atoms with van der Waals surface area (Å²) in [6.45, 7) is 7.17. The Morgan fingerprint density at radius 2 is 1.55 bits per heavy atom. The minimum Gasteiger partial charge on any atom is -0.356 e. The first-order valence-electron chi connectivity index (χ1n) is 20.9. The van der Waals surface area contributed by atoms with Gasteiger partial charge in [-0.1, -0.05) is 36.7 Å². The molecule has 4 N–H and O–H groups in total. The van der Waals surface area contributed by atoms with E-state index >= 15 is 0 Å². The van der Waals surface area contributed by atoms with Crippen molar-refractivity contribution in [3.05, 3.63) is 63.8 Å². The van der Waals surface area contributed by atoms with Crippen molar-refractivity contribution in [2.75, 3.05) is 17.2 Å². The van der Waals surface area contributed by atoms with Gasteiger partial charge in [-0.3, -0.25) is 48.6 Å². The van der Waals surface area contributed by atoms with Crippen molar-refractivity contribution in [1.82, 2.24) is 25.4 Å². The molecule has 1 aromatic heterocycles. The van der Waals surface area contributed by atoms with Crippen LogP contribution < -0.4 is 21.3 Å². The van der Waals surface area contributed by atoms with Crippen LogP contribution in [0.5, 0.6) is 0 Å². The highest BCUT2D eigenvalue weighted by atomic mass is 32.1. The minimum atomic E-state index is -1.09. The van der Waals surface area contributed by atoms with Gasteiger partial charge < -0.3 is 20.9 Å². The fourth-order valence-corrected chi connectivity index (χ4v) is 9.35. The molecule has 2 fully saturated rings. The van der Waals surface area contributed by atoms with Crippen molar-refractivity contribution in [2.45, 2.75) is 123 Å². The molecule has 3 aliphatic heterocycles. The number of carbonyl (C=O) groups excluding carboxylic acids is 8. The molecule has 16 heteroatoms. The fraction of sp³-hybridized carbons (Fsp3) is 0.477. The van der Waals surface area contributed by atoms with Crippen LogP contribution in [-0.2, 0) is 30.5 Å². The highest BCUT2D eigenvalue weighted by molar-refractivity contribution is 7.19. The van der Waals surface area contributed by atoms with Crippen LogP contribution in [0.15, 0.2) is 30.3 Å². The number of rotatable bonds is 18. The maximum Gasteiger partial charge on any atom is 0.264 e. The summed E-state index contributed by atoms with van der Waals surface area (Å²) in [7, 11) is 0. The fourth-order valence-electron chi connectivity index (χ4n) is 8.38. The number of unbranched alkanes of at least 4 members (excludes halogenated alkanes) is 4. The van der Waals surface area contributed by atoms with Crippen molar-refractivity contribution in [3.63, 3.8) is 0 Å². The summed E-state index contributed by atoms with van der Waals surface area (Å²) in [6.07, 6.45) is 7.36. The van der Waals surface area contributed by atoms with Crippen LogP contribution >= 0.6 is 11.3 Å². The van der Waals surface area contributed by atoms with Crippen molar-refractivity contribution in [1.29, 1.82) is 0 Å². The Kier molecular flexibility index (Phi) is 12.9. The topological polar surface area (TPSA) is 204 Å². The Morgan fingerprint density at radius 1 is 0.833 bits per heavy atom. The standard InChI is InChI=1S/C44H51N7O8S/c1-24-21-28(22-29-23-50(42(58)37(24)29)26(3)27-16-17-27)39-25(2)46-44(60-39)49-35(54)15-10-14-33(52)45-20-8-6-4-5-7-13-34(53)47-31-12-9-11-30-38(31)43(59)51(41(30)57)32-18-19-36(55)48-40(32)56/h9,11-12,21-22,26-27,32H,4-8,10,13-20,23H2,1-3H3,(H,45,52)(H,47,53)(H,46,49,54)(H,48,55,56). The van der Waals surface area contributed by atoms with Crippen LogP contribution in [0.1, 0.15) is 138 Å². The Bertz CT molecular complexity index is 2270. The Hall–Kier alpha value is -5.77. The number of fused-ring (bicyclic) bond motifs is 2. The number of aryl methyl sites for hydroxylation is 2. The van der Waals surface area contributed by atoms with Gasteiger partial charge in [0, 0.05) is 50.4 Å². The molecule has 3 aromatic rings. The molecule has 1 saturated carbocycles. The first-order chi connectivity index (χ1) is 28.8. The van der Waals surface area contributed by atoms with Gasteiger partial charge in [0.2, 0.25) is 29.5 Å². The van der Waals surface area contributed by atoms with Gasteiger partial charge in [0.15, 0.2) is 5.13 Å². The predicted molar refractivity (Wildman–Crippen MR) is 224 cm³/mol. The molecule has 316 valence electrons. The lowest BCUT2D eigenvalue weighted by Gasteiger charge is -2.27. The van der Waals surface area contributed by atoms with E-state index in [1.165, 1.54) is 30.2 Å². The van der Waals surface area contributed by atoms with E-state index in [-0.39, 0.29) is 78.6 Å². The lowest BCUT2D eigenvalue weighted by Crippen LogP contribution is -2.54. The van der Waals surface area contributed by atoms with Gasteiger partial charge in [-0.15, -0.1) is 0 Å². The molecule has 8 amide bonds. The maximum absolute atomic E-state index is 13.3. The number of nitrogens with zero attached hydrogens (tertiary/aromatic N) is 3. The number of amides is 8. The normalized spacial score (nSPS) is 17.7. The van der Waals surface area contributed by atoms with E-state index < -0.39 is 29.7 Å². The molecule has 0 spiro atoms. The van der Waals surface area contributed by atoms with Gasteiger partial charge in [-0.25, -0.2) is 4.98 Å². The summed E-state index contributed by atoms with van der Waals surface area (Å²) in [5, 5.41) is 11.2. The summed E-state index contributed by atoms with van der Waals surface area (Å²) in [4.78, 5) is 110. The largest absolute Gasteiger partial charge is 0.356 e. The van der Waals surface area contributed by atoms with Crippen LogP contribution in [0.4, 0.5) is 10.8 Å². The minimum absolute atomic E-state index is 0.0178. The van der Waals surface area contributed by atoms with Crippen LogP contribution in [0, 0.1) is 19.8 Å². The third kappa shape index (κ3) is 9.33. The van der Waals surface area contributed by atoms with Crippen molar-refractivity contribution in [3.8, 4) is 10.4 Å². The van der Waals surface area contributed by atoms with Crippen molar-refractivity contribution in [2.24, 2.45) is 5.92 Å². The zero-order valence-electron chi connectivity index (χ0n) is 34.2. The number of nitrogens with one attached hydrogen (secondary N) is 4. The molecule has 7 rings (SSSR count). The highest BCUT2D eigenvalue weighted by Crippen LogP contribution is 2.41. The van der Waals surface area contributed by atoms with E-state index in [4.69, 9.17) is 0 Å². The molecule has 2 aromatic carbocycles. The number of aromatic nitrogens is 1. The van der Waals surface area contributed by atoms with E-state index in [9.17, 15) is 38.4 Å². The summed E-state index contributed by atoms with van der Waals surface area (Å²) in [6, 6.07) is 7.86. The number of thiazole rings is 1. The molecule has 2 atom stereocenters. The molecule has 1 saturated heterocycles. The van der Waals surface area contributed by atoms with Gasteiger partial charge in [0.1, 0.15) is 6.04 Å². The third-order valence-electron chi connectivity index (χ3n) is 11.8. The number of benzene rings is 2. The lowest BCUT2D eigenvalue weighted by molar-refractivity contribution is -0.136. The van der Waals surface area contributed by atoms with Crippen LogP contribution in [0.3, 0.4) is 0 Å². The summed E-state index contributed by atoms with van der Waals surface area (Å²) >= 11 is 1.41. The van der Waals surface area contributed by atoms with Gasteiger partial charge in [0.05, 0.1) is 27.4 Å². The molecule has 4 aliphatic rings. The number of piperidine rings is 1.